The summed E-state index contributed by atoms with van der Waals surface area (Å²) in [4.78, 5) is 4.16. The van der Waals surface area contributed by atoms with Crippen LogP contribution in [0, 0.1) is 6.92 Å². The molecule has 1 rings (SSSR count). The second kappa shape index (κ2) is 3.62. The third-order valence-electron chi connectivity index (χ3n) is 1.37. The van der Waals surface area contributed by atoms with Gasteiger partial charge in [-0.3, -0.25) is 4.98 Å². The van der Waals surface area contributed by atoms with Crippen molar-refractivity contribution in [2.24, 2.45) is 0 Å². The number of hydrogen-bond acceptors (Lipinski definition) is 2. The van der Waals surface area contributed by atoms with E-state index in [1.165, 1.54) is 5.56 Å². The molecule has 0 aliphatic rings. The summed E-state index contributed by atoms with van der Waals surface area (Å²) in [5.41, 5.74) is 2.34. The van der Waals surface area contributed by atoms with E-state index in [9.17, 15) is 0 Å². The quantitative estimate of drug-likeness (QED) is 0.640. The Balaban J connectivity index is 2.69. The number of aromatic nitrogens is 1. The summed E-state index contributed by atoms with van der Waals surface area (Å²) in [7, 11) is 0. The van der Waals surface area contributed by atoms with Crippen LogP contribution in [0.25, 0.3) is 0 Å². The fraction of sp³-hybridized carbons (Fsp3) is 0.375. The van der Waals surface area contributed by atoms with Crippen molar-refractivity contribution >= 4 is 12.6 Å². The zero-order valence-corrected chi connectivity index (χ0v) is 6.94. The highest BCUT2D eigenvalue weighted by Crippen LogP contribution is 2.00. The van der Waals surface area contributed by atoms with Crippen LogP contribution in [0.2, 0.25) is 0 Å². The molecule has 2 heteroatoms. The molecule has 0 aliphatic heterocycles. The molecule has 0 amide bonds. The highest BCUT2D eigenvalue weighted by molar-refractivity contribution is 7.80. The standard InChI is InChI=1S/C8H11NS/c1-7-2-3-8(4-5-10)6-9-7/h2-3,6,10H,4-5H2,1H3. The molecule has 54 valence electrons. The molecule has 0 atom stereocenters. The van der Waals surface area contributed by atoms with Crippen molar-refractivity contribution in [2.75, 3.05) is 5.75 Å². The zero-order valence-electron chi connectivity index (χ0n) is 6.04. The molecule has 0 aromatic carbocycles. The first-order chi connectivity index (χ1) is 4.83. The van der Waals surface area contributed by atoms with Gasteiger partial charge < -0.3 is 0 Å². The summed E-state index contributed by atoms with van der Waals surface area (Å²) >= 11 is 4.13. The third-order valence-corrected chi connectivity index (χ3v) is 1.60. The van der Waals surface area contributed by atoms with Crippen LogP contribution in [0.15, 0.2) is 18.3 Å². The largest absolute Gasteiger partial charge is 0.261 e. The lowest BCUT2D eigenvalue weighted by atomic mass is 10.2. The summed E-state index contributed by atoms with van der Waals surface area (Å²) in [6, 6.07) is 4.12. The highest BCUT2D eigenvalue weighted by atomic mass is 32.1. The van der Waals surface area contributed by atoms with E-state index >= 15 is 0 Å². The SMILES string of the molecule is Cc1ccc(CCS)cn1. The molecular weight excluding hydrogens is 142 g/mol. The molecule has 0 unspecified atom stereocenters. The van der Waals surface area contributed by atoms with Crippen molar-refractivity contribution in [1.29, 1.82) is 0 Å². The van der Waals surface area contributed by atoms with Crippen molar-refractivity contribution in [2.45, 2.75) is 13.3 Å². The predicted octanol–water partition coefficient (Wildman–Crippen LogP) is 1.86. The van der Waals surface area contributed by atoms with E-state index in [1.807, 2.05) is 19.2 Å². The van der Waals surface area contributed by atoms with Gasteiger partial charge in [0.2, 0.25) is 0 Å². The van der Waals surface area contributed by atoms with Crippen LogP contribution >= 0.6 is 12.6 Å². The fourth-order valence-electron chi connectivity index (χ4n) is 0.775. The lowest BCUT2D eigenvalue weighted by molar-refractivity contribution is 1.09. The van der Waals surface area contributed by atoms with Gasteiger partial charge in [0.25, 0.3) is 0 Å². The number of aryl methyl sites for hydroxylation is 2. The Kier molecular flexibility index (Phi) is 2.75. The first-order valence-corrected chi connectivity index (χ1v) is 3.98. The number of thiol groups is 1. The van der Waals surface area contributed by atoms with E-state index in [-0.39, 0.29) is 0 Å². The smallest absolute Gasteiger partial charge is 0.0372 e. The first-order valence-electron chi connectivity index (χ1n) is 3.35. The summed E-state index contributed by atoms with van der Waals surface area (Å²) in [6.07, 6.45) is 2.92. The Hall–Kier alpha value is -0.500. The third kappa shape index (κ3) is 2.03. The zero-order chi connectivity index (χ0) is 7.40. The molecule has 1 aromatic rings. The molecular formula is C8H11NS. The van der Waals surface area contributed by atoms with Gasteiger partial charge in [-0.2, -0.15) is 12.6 Å². The number of nitrogens with zero attached hydrogens (tertiary/aromatic N) is 1. The lowest BCUT2D eigenvalue weighted by Gasteiger charge is -1.96. The van der Waals surface area contributed by atoms with Crippen LogP contribution in [-0.2, 0) is 6.42 Å². The van der Waals surface area contributed by atoms with Gasteiger partial charge in [-0.05, 0) is 30.7 Å². The number of hydrogen-bond donors (Lipinski definition) is 1. The van der Waals surface area contributed by atoms with E-state index in [0.717, 1.165) is 17.9 Å². The Morgan fingerprint density at radius 3 is 2.80 bits per heavy atom. The Labute approximate surface area is 66.9 Å². The average molecular weight is 153 g/mol. The minimum Gasteiger partial charge on any atom is -0.261 e. The van der Waals surface area contributed by atoms with Gasteiger partial charge in [0.15, 0.2) is 0 Å². The average Bonchev–Trinajstić information content (AvgIpc) is 1.95. The molecule has 0 saturated carbocycles. The van der Waals surface area contributed by atoms with Gasteiger partial charge in [-0.15, -0.1) is 0 Å². The maximum atomic E-state index is 4.16. The van der Waals surface area contributed by atoms with Gasteiger partial charge in [0.05, 0.1) is 0 Å². The Bertz CT molecular complexity index is 193. The molecule has 1 aromatic heterocycles. The number of rotatable bonds is 2. The molecule has 0 bridgehead atoms. The van der Waals surface area contributed by atoms with E-state index in [0.29, 0.717) is 0 Å². The summed E-state index contributed by atoms with van der Waals surface area (Å²) in [6.45, 7) is 1.99. The second-order valence-corrected chi connectivity index (χ2v) is 2.73. The molecule has 0 fully saturated rings. The highest BCUT2D eigenvalue weighted by Gasteiger charge is 1.89. The van der Waals surface area contributed by atoms with Gasteiger partial charge in [0.1, 0.15) is 0 Å². The van der Waals surface area contributed by atoms with Gasteiger partial charge in [-0.25, -0.2) is 0 Å². The molecule has 0 radical (unpaired) electrons. The van der Waals surface area contributed by atoms with Crippen LogP contribution < -0.4 is 0 Å². The lowest BCUT2D eigenvalue weighted by Crippen LogP contribution is -1.88. The maximum absolute atomic E-state index is 4.16. The minimum absolute atomic E-state index is 0.894. The van der Waals surface area contributed by atoms with Crippen LogP contribution in [0.5, 0.6) is 0 Å². The molecule has 1 nitrogen and oxygen atoms in total. The van der Waals surface area contributed by atoms with Gasteiger partial charge >= 0.3 is 0 Å². The Morgan fingerprint density at radius 2 is 2.30 bits per heavy atom. The van der Waals surface area contributed by atoms with E-state index in [2.05, 4.69) is 23.7 Å². The van der Waals surface area contributed by atoms with Crippen molar-refractivity contribution in [3.8, 4) is 0 Å². The topological polar surface area (TPSA) is 12.9 Å². The molecule has 0 N–H and O–H groups in total. The first kappa shape index (κ1) is 7.61. The molecule has 10 heavy (non-hydrogen) atoms. The molecule has 1 heterocycles. The fourth-order valence-corrected chi connectivity index (χ4v) is 1.03. The summed E-state index contributed by atoms with van der Waals surface area (Å²) in [5.74, 6) is 0.894. The number of pyridine rings is 1. The molecule has 0 aliphatic carbocycles. The van der Waals surface area contributed by atoms with Crippen LogP contribution in [0.1, 0.15) is 11.3 Å². The van der Waals surface area contributed by atoms with E-state index in [4.69, 9.17) is 0 Å². The predicted molar refractivity (Wildman–Crippen MR) is 46.5 cm³/mol. The molecule has 0 spiro atoms. The molecule has 0 saturated heterocycles. The minimum atomic E-state index is 0.894. The van der Waals surface area contributed by atoms with E-state index in [1.54, 1.807) is 0 Å². The van der Waals surface area contributed by atoms with Crippen LogP contribution in [-0.4, -0.2) is 10.7 Å². The monoisotopic (exact) mass is 153 g/mol. The summed E-state index contributed by atoms with van der Waals surface area (Å²) in [5, 5.41) is 0. The van der Waals surface area contributed by atoms with Crippen molar-refractivity contribution in [3.05, 3.63) is 29.6 Å². The normalized spacial score (nSPS) is 9.80. The van der Waals surface area contributed by atoms with Crippen molar-refractivity contribution in [3.63, 3.8) is 0 Å². The maximum Gasteiger partial charge on any atom is 0.0372 e. The van der Waals surface area contributed by atoms with Crippen LogP contribution in [0.3, 0.4) is 0 Å². The Morgan fingerprint density at radius 1 is 1.50 bits per heavy atom. The van der Waals surface area contributed by atoms with Gasteiger partial charge in [0, 0.05) is 11.9 Å². The second-order valence-electron chi connectivity index (χ2n) is 2.28. The van der Waals surface area contributed by atoms with Crippen molar-refractivity contribution < 1.29 is 0 Å². The van der Waals surface area contributed by atoms with Gasteiger partial charge in [-0.1, -0.05) is 6.07 Å². The summed E-state index contributed by atoms with van der Waals surface area (Å²) < 4.78 is 0. The van der Waals surface area contributed by atoms with E-state index < -0.39 is 0 Å². The van der Waals surface area contributed by atoms with Crippen LogP contribution in [0.4, 0.5) is 0 Å². The van der Waals surface area contributed by atoms with Crippen molar-refractivity contribution in [1.82, 2.24) is 4.98 Å².